The fraction of sp³-hybridized carbons (Fsp3) is 0.882. The van der Waals surface area contributed by atoms with Crippen LogP contribution in [0.15, 0.2) is 4.52 Å². The highest BCUT2D eigenvalue weighted by molar-refractivity contribution is 5.04. The summed E-state index contributed by atoms with van der Waals surface area (Å²) >= 11 is 0. The van der Waals surface area contributed by atoms with Crippen LogP contribution < -0.4 is 5.32 Å². The quantitative estimate of drug-likeness (QED) is 0.911. The first-order valence-electron chi connectivity index (χ1n) is 8.84. The molecule has 0 spiro atoms. The van der Waals surface area contributed by atoms with Gasteiger partial charge in [-0.15, -0.1) is 0 Å². The zero-order valence-corrected chi connectivity index (χ0v) is 13.5. The summed E-state index contributed by atoms with van der Waals surface area (Å²) in [6.07, 6.45) is 10.1. The van der Waals surface area contributed by atoms with Crippen molar-refractivity contribution in [2.75, 3.05) is 6.54 Å². The fourth-order valence-corrected chi connectivity index (χ4v) is 4.01. The third-order valence-electron chi connectivity index (χ3n) is 5.39. The van der Waals surface area contributed by atoms with Gasteiger partial charge in [0.1, 0.15) is 0 Å². The van der Waals surface area contributed by atoms with Crippen molar-refractivity contribution in [1.82, 2.24) is 15.5 Å². The van der Waals surface area contributed by atoms with E-state index in [9.17, 15) is 0 Å². The van der Waals surface area contributed by atoms with Crippen molar-refractivity contribution in [2.45, 2.75) is 83.1 Å². The number of hydrogen-bond acceptors (Lipinski definition) is 4. The van der Waals surface area contributed by atoms with Crippen molar-refractivity contribution < 1.29 is 4.52 Å². The lowest BCUT2D eigenvalue weighted by Crippen LogP contribution is -2.37. The van der Waals surface area contributed by atoms with Crippen molar-refractivity contribution in [1.29, 1.82) is 0 Å². The van der Waals surface area contributed by atoms with Gasteiger partial charge in [-0.25, -0.2) is 0 Å². The minimum atomic E-state index is 0.419. The van der Waals surface area contributed by atoms with Crippen LogP contribution in [0.2, 0.25) is 0 Å². The van der Waals surface area contributed by atoms with Gasteiger partial charge < -0.3 is 9.84 Å². The standard InChI is InChI=1S/C17H29N3O/c1-3-18-15-7-5-4-6-14(15)17-19-16(20-21-17)13-10-8-12(2)9-11-13/h12-15,18H,3-11H2,1-2H3. The Balaban J connectivity index is 1.68. The van der Waals surface area contributed by atoms with E-state index in [0.717, 1.165) is 24.2 Å². The van der Waals surface area contributed by atoms with Crippen LogP contribution in [-0.4, -0.2) is 22.7 Å². The zero-order valence-electron chi connectivity index (χ0n) is 13.5. The molecule has 21 heavy (non-hydrogen) atoms. The van der Waals surface area contributed by atoms with Crippen molar-refractivity contribution in [3.8, 4) is 0 Å². The molecule has 1 N–H and O–H groups in total. The average molecular weight is 291 g/mol. The lowest BCUT2D eigenvalue weighted by molar-refractivity contribution is 0.262. The Morgan fingerprint density at radius 2 is 1.86 bits per heavy atom. The van der Waals surface area contributed by atoms with Crippen molar-refractivity contribution in [3.63, 3.8) is 0 Å². The van der Waals surface area contributed by atoms with Gasteiger partial charge in [-0.1, -0.05) is 44.7 Å². The maximum absolute atomic E-state index is 5.66. The van der Waals surface area contributed by atoms with Gasteiger partial charge in [0.05, 0.1) is 5.92 Å². The summed E-state index contributed by atoms with van der Waals surface area (Å²) in [6, 6.07) is 0.517. The molecule has 2 atom stereocenters. The van der Waals surface area contributed by atoms with Crippen molar-refractivity contribution in [3.05, 3.63) is 11.7 Å². The molecule has 2 aliphatic carbocycles. The Morgan fingerprint density at radius 1 is 1.10 bits per heavy atom. The van der Waals surface area contributed by atoms with E-state index in [0.29, 0.717) is 17.9 Å². The molecule has 0 amide bonds. The van der Waals surface area contributed by atoms with E-state index in [1.807, 2.05) is 0 Å². The molecule has 1 aromatic rings. The summed E-state index contributed by atoms with van der Waals surface area (Å²) in [5.41, 5.74) is 0. The minimum Gasteiger partial charge on any atom is -0.339 e. The smallest absolute Gasteiger partial charge is 0.231 e. The molecular weight excluding hydrogens is 262 g/mol. The SMILES string of the molecule is CCNC1CCCCC1c1nc(C2CCC(C)CC2)no1. The van der Waals surface area contributed by atoms with E-state index < -0.39 is 0 Å². The molecule has 4 heteroatoms. The van der Waals surface area contributed by atoms with Gasteiger partial charge >= 0.3 is 0 Å². The molecule has 118 valence electrons. The molecule has 0 aromatic carbocycles. The first-order chi connectivity index (χ1) is 10.3. The molecule has 0 aliphatic heterocycles. The lowest BCUT2D eigenvalue weighted by Gasteiger charge is -2.29. The van der Waals surface area contributed by atoms with Gasteiger partial charge in [-0.3, -0.25) is 0 Å². The van der Waals surface area contributed by atoms with Crippen LogP contribution in [0.1, 0.15) is 88.8 Å². The van der Waals surface area contributed by atoms with Crippen LogP contribution in [0, 0.1) is 5.92 Å². The molecule has 2 saturated carbocycles. The largest absolute Gasteiger partial charge is 0.339 e. The number of nitrogens with zero attached hydrogens (tertiary/aromatic N) is 2. The van der Waals surface area contributed by atoms with Gasteiger partial charge in [0.2, 0.25) is 5.89 Å². The molecule has 2 fully saturated rings. The fourth-order valence-electron chi connectivity index (χ4n) is 4.01. The Hall–Kier alpha value is -0.900. The van der Waals surface area contributed by atoms with E-state index in [1.54, 1.807) is 0 Å². The van der Waals surface area contributed by atoms with E-state index in [1.165, 1.54) is 51.4 Å². The van der Waals surface area contributed by atoms with Crippen LogP contribution in [-0.2, 0) is 0 Å². The monoisotopic (exact) mass is 291 g/mol. The van der Waals surface area contributed by atoms with E-state index in [2.05, 4.69) is 24.3 Å². The highest BCUT2D eigenvalue weighted by Crippen LogP contribution is 2.36. The van der Waals surface area contributed by atoms with Gasteiger partial charge in [-0.05, 0) is 38.1 Å². The summed E-state index contributed by atoms with van der Waals surface area (Å²) in [4.78, 5) is 4.80. The highest BCUT2D eigenvalue weighted by Gasteiger charge is 2.32. The van der Waals surface area contributed by atoms with Crippen molar-refractivity contribution in [2.24, 2.45) is 5.92 Å². The molecule has 4 nitrogen and oxygen atoms in total. The molecular formula is C17H29N3O. The second-order valence-electron chi connectivity index (χ2n) is 7.00. The average Bonchev–Trinajstić information content (AvgIpc) is 2.99. The topological polar surface area (TPSA) is 51.0 Å². The molecule has 0 saturated heterocycles. The number of rotatable bonds is 4. The predicted molar refractivity (Wildman–Crippen MR) is 83.3 cm³/mol. The second-order valence-corrected chi connectivity index (χ2v) is 7.00. The van der Waals surface area contributed by atoms with Gasteiger partial charge in [0.15, 0.2) is 5.82 Å². The number of hydrogen-bond donors (Lipinski definition) is 1. The molecule has 0 bridgehead atoms. The summed E-state index contributed by atoms with van der Waals surface area (Å²) < 4.78 is 5.66. The third kappa shape index (κ3) is 3.47. The third-order valence-corrected chi connectivity index (χ3v) is 5.39. The first kappa shape index (κ1) is 15.0. The maximum Gasteiger partial charge on any atom is 0.231 e. The number of nitrogens with one attached hydrogen (secondary N) is 1. The Labute approximate surface area is 128 Å². The van der Waals surface area contributed by atoms with E-state index in [4.69, 9.17) is 9.51 Å². The molecule has 2 unspecified atom stereocenters. The van der Waals surface area contributed by atoms with Crippen LogP contribution >= 0.6 is 0 Å². The van der Waals surface area contributed by atoms with Gasteiger partial charge in [0, 0.05) is 12.0 Å². The predicted octanol–water partition coefficient (Wildman–Crippen LogP) is 4.00. The van der Waals surface area contributed by atoms with Crippen molar-refractivity contribution >= 4 is 0 Å². The van der Waals surface area contributed by atoms with Gasteiger partial charge in [-0.2, -0.15) is 4.98 Å². The van der Waals surface area contributed by atoms with Gasteiger partial charge in [0.25, 0.3) is 0 Å². The molecule has 2 aliphatic rings. The molecule has 0 radical (unpaired) electrons. The number of aromatic nitrogens is 2. The lowest BCUT2D eigenvalue weighted by atomic mass is 9.82. The Bertz CT molecular complexity index is 435. The zero-order chi connectivity index (χ0) is 14.7. The Kier molecular flexibility index (Phi) is 4.94. The minimum absolute atomic E-state index is 0.419. The summed E-state index contributed by atoms with van der Waals surface area (Å²) in [6.45, 7) is 5.54. The maximum atomic E-state index is 5.66. The van der Waals surface area contributed by atoms with E-state index >= 15 is 0 Å². The molecule has 3 rings (SSSR count). The normalized spacial score (nSPS) is 34.0. The Morgan fingerprint density at radius 3 is 2.62 bits per heavy atom. The number of likely N-dealkylation sites (N-methyl/N-ethyl adjacent to an activating group) is 1. The summed E-state index contributed by atoms with van der Waals surface area (Å²) in [5.74, 6) is 3.67. The summed E-state index contributed by atoms with van der Waals surface area (Å²) in [7, 11) is 0. The second kappa shape index (κ2) is 6.91. The van der Waals surface area contributed by atoms with Crippen LogP contribution in [0.25, 0.3) is 0 Å². The first-order valence-corrected chi connectivity index (χ1v) is 8.84. The van der Waals surface area contributed by atoms with Crippen LogP contribution in [0.3, 0.4) is 0 Å². The highest BCUT2D eigenvalue weighted by atomic mass is 16.5. The van der Waals surface area contributed by atoms with E-state index in [-0.39, 0.29) is 0 Å². The molecule has 1 aromatic heterocycles. The summed E-state index contributed by atoms with van der Waals surface area (Å²) in [5, 5.41) is 7.92. The molecule has 1 heterocycles. The van der Waals surface area contributed by atoms with Crippen LogP contribution in [0.4, 0.5) is 0 Å². The van der Waals surface area contributed by atoms with Crippen LogP contribution in [0.5, 0.6) is 0 Å².